The summed E-state index contributed by atoms with van der Waals surface area (Å²) in [5.41, 5.74) is 0.333. The fourth-order valence-corrected chi connectivity index (χ4v) is 2.24. The van der Waals surface area contributed by atoms with Crippen molar-refractivity contribution in [2.75, 3.05) is 14.2 Å². The lowest BCUT2D eigenvalue weighted by molar-refractivity contribution is 0.0589. The average molecular weight is 311 g/mol. The zero-order valence-corrected chi connectivity index (χ0v) is 12.5. The molecule has 23 heavy (non-hydrogen) atoms. The second kappa shape index (κ2) is 5.88. The number of carbonyl (C=O) groups excluding carboxylic acids is 1. The van der Waals surface area contributed by atoms with E-state index < -0.39 is 11.4 Å². The monoisotopic (exact) mass is 311 g/mol. The topological polar surface area (TPSA) is 83.3 Å². The molecule has 7 nitrogen and oxygen atoms in total. The van der Waals surface area contributed by atoms with Crippen molar-refractivity contribution in [2.24, 2.45) is 0 Å². The third-order valence-electron chi connectivity index (χ3n) is 3.34. The van der Waals surface area contributed by atoms with E-state index in [0.29, 0.717) is 11.2 Å². The number of benzene rings is 1. The van der Waals surface area contributed by atoms with Gasteiger partial charge in [-0.25, -0.2) is 9.48 Å². The van der Waals surface area contributed by atoms with E-state index in [1.165, 1.54) is 25.1 Å². The average Bonchev–Trinajstić information content (AvgIpc) is 2.61. The van der Waals surface area contributed by atoms with Crippen LogP contribution < -0.4 is 10.2 Å². The van der Waals surface area contributed by atoms with Crippen LogP contribution >= 0.6 is 0 Å². The molecular weight excluding hydrogens is 298 g/mol. The fourth-order valence-electron chi connectivity index (χ4n) is 2.24. The van der Waals surface area contributed by atoms with Gasteiger partial charge in [-0.05, 0) is 12.1 Å². The molecule has 3 aromatic rings. The van der Waals surface area contributed by atoms with Crippen LogP contribution in [0.15, 0.2) is 47.5 Å². The van der Waals surface area contributed by atoms with E-state index >= 15 is 0 Å². The highest BCUT2D eigenvalue weighted by Crippen LogP contribution is 2.20. The summed E-state index contributed by atoms with van der Waals surface area (Å²) in [6.07, 6.45) is 3.07. The molecule has 0 amide bonds. The van der Waals surface area contributed by atoms with Crippen molar-refractivity contribution in [3.8, 4) is 11.4 Å². The molecule has 0 spiro atoms. The van der Waals surface area contributed by atoms with Crippen LogP contribution in [-0.4, -0.2) is 35.0 Å². The maximum Gasteiger partial charge on any atom is 0.362 e. The number of hydrogen-bond donors (Lipinski definition) is 0. The summed E-state index contributed by atoms with van der Waals surface area (Å²) in [7, 11) is 2.54. The predicted octanol–water partition coefficient (Wildman–Crippen LogP) is 1.58. The smallest absolute Gasteiger partial charge is 0.362 e. The zero-order valence-electron chi connectivity index (χ0n) is 12.5. The summed E-state index contributed by atoms with van der Waals surface area (Å²) in [5.74, 6) is -0.829. The first-order valence-corrected chi connectivity index (χ1v) is 6.76. The molecule has 116 valence electrons. The van der Waals surface area contributed by atoms with Gasteiger partial charge in [0.2, 0.25) is 5.69 Å². The van der Waals surface area contributed by atoms with Gasteiger partial charge < -0.3 is 9.47 Å². The summed E-state index contributed by atoms with van der Waals surface area (Å²) >= 11 is 0. The van der Waals surface area contributed by atoms with Gasteiger partial charge in [0.05, 0.1) is 31.6 Å². The van der Waals surface area contributed by atoms with Crippen LogP contribution in [-0.2, 0) is 4.74 Å². The predicted molar refractivity (Wildman–Crippen MR) is 83.0 cm³/mol. The third-order valence-corrected chi connectivity index (χ3v) is 3.34. The quantitative estimate of drug-likeness (QED) is 0.683. The lowest BCUT2D eigenvalue weighted by Gasteiger charge is -2.11. The van der Waals surface area contributed by atoms with Crippen LogP contribution in [0.25, 0.3) is 16.6 Å². The summed E-state index contributed by atoms with van der Waals surface area (Å²) < 4.78 is 11.1. The number of fused-ring (bicyclic) bond motifs is 1. The van der Waals surface area contributed by atoms with Gasteiger partial charge in [-0.2, -0.15) is 5.10 Å². The van der Waals surface area contributed by atoms with Gasteiger partial charge in [-0.3, -0.25) is 9.78 Å². The van der Waals surface area contributed by atoms with Crippen molar-refractivity contribution in [2.45, 2.75) is 0 Å². The second-order valence-corrected chi connectivity index (χ2v) is 4.66. The summed E-state index contributed by atoms with van der Waals surface area (Å²) in [6, 6.07) is 9.27. The number of ether oxygens (including phenoxy) is 2. The number of nitrogens with zero attached hydrogens (tertiary/aromatic N) is 3. The highest BCUT2D eigenvalue weighted by Gasteiger charge is 2.19. The number of esters is 1. The molecular formula is C16H13N3O4. The Bertz CT molecular complexity index is 944. The van der Waals surface area contributed by atoms with E-state index in [1.807, 2.05) is 24.3 Å². The van der Waals surface area contributed by atoms with Crippen LogP contribution in [0.2, 0.25) is 0 Å². The summed E-state index contributed by atoms with van der Waals surface area (Å²) in [4.78, 5) is 28.2. The number of aromatic nitrogens is 3. The standard InChI is InChI=1S/C16H13N3O4/c1-22-12-9-19(18-14(15(12)20)16(21)23-2)11-7-3-5-10-6-4-8-17-13(10)11/h3-9H,1-2H3. The Morgan fingerprint density at radius 3 is 2.70 bits per heavy atom. The number of methoxy groups -OCH3 is 2. The first kappa shape index (κ1) is 14.7. The Morgan fingerprint density at radius 2 is 1.96 bits per heavy atom. The molecule has 0 radical (unpaired) electrons. The minimum atomic E-state index is -0.823. The Hall–Kier alpha value is -3.22. The van der Waals surface area contributed by atoms with E-state index in [2.05, 4.69) is 14.8 Å². The first-order valence-electron chi connectivity index (χ1n) is 6.76. The van der Waals surface area contributed by atoms with Crippen molar-refractivity contribution in [3.05, 3.63) is 58.6 Å². The van der Waals surface area contributed by atoms with E-state index in [1.54, 1.807) is 12.3 Å². The summed E-state index contributed by atoms with van der Waals surface area (Å²) in [5, 5.41) is 4.99. The number of para-hydroxylation sites is 1. The molecule has 0 atom stereocenters. The van der Waals surface area contributed by atoms with Gasteiger partial charge in [0.25, 0.3) is 5.43 Å². The maximum atomic E-state index is 12.1. The Balaban J connectivity index is 2.31. The van der Waals surface area contributed by atoms with Gasteiger partial charge >= 0.3 is 5.97 Å². The van der Waals surface area contributed by atoms with Crippen LogP contribution in [0.5, 0.6) is 5.75 Å². The molecule has 2 heterocycles. The van der Waals surface area contributed by atoms with E-state index in [4.69, 9.17) is 4.74 Å². The van der Waals surface area contributed by atoms with Crippen molar-refractivity contribution in [1.29, 1.82) is 0 Å². The number of carbonyl (C=O) groups is 1. The highest BCUT2D eigenvalue weighted by molar-refractivity contribution is 5.88. The van der Waals surface area contributed by atoms with Gasteiger partial charge in [-0.15, -0.1) is 0 Å². The first-order chi connectivity index (χ1) is 11.2. The Labute approximate surface area is 131 Å². The van der Waals surface area contributed by atoms with E-state index in [9.17, 15) is 9.59 Å². The van der Waals surface area contributed by atoms with Gasteiger partial charge in [0.1, 0.15) is 0 Å². The van der Waals surface area contributed by atoms with Crippen molar-refractivity contribution < 1.29 is 14.3 Å². The molecule has 3 rings (SSSR count). The fraction of sp³-hybridized carbons (Fsp3) is 0.125. The minimum absolute atomic E-state index is 0.00617. The zero-order chi connectivity index (χ0) is 16.4. The van der Waals surface area contributed by atoms with Gasteiger partial charge in [0.15, 0.2) is 5.75 Å². The van der Waals surface area contributed by atoms with Gasteiger partial charge in [-0.1, -0.05) is 18.2 Å². The van der Waals surface area contributed by atoms with Crippen LogP contribution in [0, 0.1) is 0 Å². The van der Waals surface area contributed by atoms with Crippen LogP contribution in [0.4, 0.5) is 0 Å². The third kappa shape index (κ3) is 2.52. The Morgan fingerprint density at radius 1 is 1.17 bits per heavy atom. The van der Waals surface area contributed by atoms with E-state index in [-0.39, 0.29) is 11.4 Å². The highest BCUT2D eigenvalue weighted by atomic mass is 16.5. The molecule has 7 heteroatoms. The molecule has 0 N–H and O–H groups in total. The molecule has 0 fully saturated rings. The van der Waals surface area contributed by atoms with Crippen molar-refractivity contribution in [1.82, 2.24) is 14.8 Å². The molecule has 0 saturated carbocycles. The molecule has 0 bridgehead atoms. The van der Waals surface area contributed by atoms with Crippen molar-refractivity contribution in [3.63, 3.8) is 0 Å². The number of pyridine rings is 1. The number of hydrogen-bond acceptors (Lipinski definition) is 6. The normalized spacial score (nSPS) is 10.5. The minimum Gasteiger partial charge on any atom is -0.491 e. The lowest BCUT2D eigenvalue weighted by Crippen LogP contribution is -2.23. The molecule has 1 aromatic carbocycles. The second-order valence-electron chi connectivity index (χ2n) is 4.66. The largest absolute Gasteiger partial charge is 0.491 e. The van der Waals surface area contributed by atoms with Crippen LogP contribution in [0.1, 0.15) is 10.5 Å². The van der Waals surface area contributed by atoms with E-state index in [0.717, 1.165) is 5.39 Å². The molecule has 0 aliphatic carbocycles. The molecule has 2 aromatic heterocycles. The SMILES string of the molecule is COC(=O)c1nn(-c2cccc3cccnc23)cc(OC)c1=O. The maximum absolute atomic E-state index is 12.1. The molecule has 0 aliphatic rings. The lowest BCUT2D eigenvalue weighted by atomic mass is 10.2. The van der Waals surface area contributed by atoms with Crippen molar-refractivity contribution >= 4 is 16.9 Å². The molecule has 0 unspecified atom stereocenters. The number of rotatable bonds is 3. The van der Waals surface area contributed by atoms with Crippen LogP contribution in [0.3, 0.4) is 0 Å². The Kier molecular flexibility index (Phi) is 3.76. The van der Waals surface area contributed by atoms with Gasteiger partial charge in [0, 0.05) is 11.6 Å². The molecule has 0 aliphatic heterocycles. The molecule has 0 saturated heterocycles. The summed E-state index contributed by atoms with van der Waals surface area (Å²) in [6.45, 7) is 0.